The minimum absolute atomic E-state index is 0.0521. The third-order valence-corrected chi connectivity index (χ3v) is 9.52. The van der Waals surface area contributed by atoms with Gasteiger partial charge in [-0.2, -0.15) is 0 Å². The summed E-state index contributed by atoms with van der Waals surface area (Å²) in [4.78, 5) is 19.9. The van der Waals surface area contributed by atoms with Gasteiger partial charge in [-0.25, -0.2) is 4.99 Å². The van der Waals surface area contributed by atoms with Gasteiger partial charge in [0.25, 0.3) is 5.56 Å². The van der Waals surface area contributed by atoms with Crippen molar-refractivity contribution < 1.29 is 9.47 Å². The van der Waals surface area contributed by atoms with Crippen LogP contribution in [0.15, 0.2) is 106 Å². The fourth-order valence-electron chi connectivity index (χ4n) is 5.91. The van der Waals surface area contributed by atoms with Gasteiger partial charge in [-0.3, -0.25) is 9.36 Å². The highest BCUT2D eigenvalue weighted by Gasteiger charge is 2.32. The molecule has 1 aliphatic carbocycles. The van der Waals surface area contributed by atoms with Gasteiger partial charge in [-0.15, -0.1) is 0 Å². The van der Waals surface area contributed by atoms with Crippen molar-refractivity contribution in [3.05, 3.63) is 154 Å². The molecule has 0 N–H and O–H groups in total. The summed E-state index contributed by atoms with van der Waals surface area (Å²) < 4.78 is 14.5. The SMILES string of the molecule is CCOc1cc(/C=c2\sc3n(c2=O)[C@@H](c2ccccc2)C2=C(N=3)c3ccccc3CC2)ccc1OCc1ccc(Cl)cc1Cl. The zero-order chi connectivity index (χ0) is 30.2. The number of allylic oxidation sites excluding steroid dienone is 1. The second-order valence-corrected chi connectivity index (χ2v) is 12.5. The van der Waals surface area contributed by atoms with Crippen LogP contribution in [-0.4, -0.2) is 11.2 Å². The molecular weight excluding hydrogens is 611 g/mol. The average Bonchev–Trinajstić information content (AvgIpc) is 3.34. The van der Waals surface area contributed by atoms with Gasteiger partial charge in [-0.1, -0.05) is 101 Å². The Kier molecular flexibility index (Phi) is 7.89. The molecule has 0 saturated carbocycles. The van der Waals surface area contributed by atoms with Gasteiger partial charge in [0.2, 0.25) is 0 Å². The van der Waals surface area contributed by atoms with E-state index in [-0.39, 0.29) is 18.2 Å². The van der Waals surface area contributed by atoms with E-state index in [9.17, 15) is 4.79 Å². The minimum Gasteiger partial charge on any atom is -0.490 e. The van der Waals surface area contributed by atoms with Crippen molar-refractivity contribution in [2.45, 2.75) is 32.4 Å². The smallest absolute Gasteiger partial charge is 0.271 e. The van der Waals surface area contributed by atoms with Crippen LogP contribution in [0.1, 0.15) is 47.2 Å². The largest absolute Gasteiger partial charge is 0.490 e. The predicted octanol–water partition coefficient (Wildman–Crippen LogP) is 7.60. The quantitative estimate of drug-likeness (QED) is 0.184. The number of aryl methyl sites for hydroxylation is 1. The van der Waals surface area contributed by atoms with E-state index in [1.807, 2.05) is 60.0 Å². The topological polar surface area (TPSA) is 52.8 Å². The number of ether oxygens (including phenoxy) is 2. The van der Waals surface area contributed by atoms with Crippen LogP contribution in [0.2, 0.25) is 10.0 Å². The van der Waals surface area contributed by atoms with Crippen LogP contribution in [0.3, 0.4) is 0 Å². The monoisotopic (exact) mass is 638 g/mol. The number of halogens is 2. The number of benzene rings is 4. The Labute approximate surface area is 269 Å². The number of hydrogen-bond acceptors (Lipinski definition) is 5. The van der Waals surface area contributed by atoms with E-state index < -0.39 is 0 Å². The Hall–Kier alpha value is -4.10. The minimum atomic E-state index is -0.201. The highest BCUT2D eigenvalue weighted by Crippen LogP contribution is 2.41. The van der Waals surface area contributed by atoms with Crippen molar-refractivity contribution in [3.63, 3.8) is 0 Å². The molecule has 220 valence electrons. The number of thiazole rings is 1. The van der Waals surface area contributed by atoms with Crippen LogP contribution in [0, 0.1) is 0 Å². The van der Waals surface area contributed by atoms with E-state index in [0.717, 1.165) is 40.8 Å². The molecule has 5 nitrogen and oxygen atoms in total. The summed E-state index contributed by atoms with van der Waals surface area (Å²) in [6, 6.07) is 29.5. The van der Waals surface area contributed by atoms with Gasteiger partial charge in [0, 0.05) is 21.2 Å². The lowest BCUT2D eigenvalue weighted by atomic mass is 9.83. The van der Waals surface area contributed by atoms with E-state index >= 15 is 0 Å². The van der Waals surface area contributed by atoms with Crippen molar-refractivity contribution in [1.29, 1.82) is 0 Å². The van der Waals surface area contributed by atoms with E-state index in [4.69, 9.17) is 37.7 Å². The Morgan fingerprint density at radius 3 is 2.57 bits per heavy atom. The second kappa shape index (κ2) is 12.1. The number of rotatable bonds is 7. The van der Waals surface area contributed by atoms with Crippen molar-refractivity contribution in [1.82, 2.24) is 4.57 Å². The van der Waals surface area contributed by atoms with Gasteiger partial charge < -0.3 is 9.47 Å². The molecule has 2 aliphatic rings. The Bertz CT molecular complexity index is 2100. The highest BCUT2D eigenvalue weighted by molar-refractivity contribution is 7.07. The molecule has 1 aromatic heterocycles. The van der Waals surface area contributed by atoms with Crippen LogP contribution < -0.4 is 24.4 Å². The van der Waals surface area contributed by atoms with Gasteiger partial charge in [0.05, 0.1) is 22.9 Å². The van der Waals surface area contributed by atoms with Gasteiger partial charge in [-0.05, 0) is 72.4 Å². The molecule has 0 fully saturated rings. The second-order valence-electron chi connectivity index (χ2n) is 10.7. The van der Waals surface area contributed by atoms with Crippen molar-refractivity contribution in [2.24, 2.45) is 4.99 Å². The average molecular weight is 640 g/mol. The normalized spacial score (nSPS) is 15.7. The molecule has 2 heterocycles. The maximum atomic E-state index is 14.1. The summed E-state index contributed by atoms with van der Waals surface area (Å²) in [7, 11) is 0. The van der Waals surface area contributed by atoms with Crippen LogP contribution in [-0.2, 0) is 13.0 Å². The van der Waals surface area contributed by atoms with Crippen molar-refractivity contribution in [3.8, 4) is 11.5 Å². The fraction of sp³-hybridized carbons (Fsp3) is 0.167. The molecule has 8 heteroatoms. The van der Waals surface area contributed by atoms with Gasteiger partial charge in [0.1, 0.15) is 6.61 Å². The molecule has 5 aromatic rings. The first-order chi connectivity index (χ1) is 21.5. The van der Waals surface area contributed by atoms with E-state index in [2.05, 4.69) is 36.4 Å². The Morgan fingerprint density at radius 1 is 0.932 bits per heavy atom. The standard InChI is InChI=1S/C36H28Cl2N2O3S/c1-2-42-31-18-22(12-17-30(31)43-21-25-13-15-26(37)20-29(25)38)19-32-35(41)40-34(24-9-4-3-5-10-24)28-16-14-23-8-6-7-11-27(23)33(28)39-36(40)44-32/h3-13,15,17-20,34H,2,14,16,21H2,1H3/b32-19-/t34-/m0/s1. The van der Waals surface area contributed by atoms with E-state index in [1.54, 1.807) is 12.1 Å². The Balaban J connectivity index is 1.29. The van der Waals surface area contributed by atoms with Crippen molar-refractivity contribution in [2.75, 3.05) is 6.61 Å². The summed E-state index contributed by atoms with van der Waals surface area (Å²) in [5.41, 5.74) is 7.33. The number of hydrogen-bond donors (Lipinski definition) is 0. The molecule has 0 spiro atoms. The molecule has 0 bridgehead atoms. The molecule has 0 saturated heterocycles. The first kappa shape index (κ1) is 28.7. The molecule has 44 heavy (non-hydrogen) atoms. The van der Waals surface area contributed by atoms with Gasteiger partial charge >= 0.3 is 0 Å². The number of fused-ring (bicyclic) bond motifs is 3. The highest BCUT2D eigenvalue weighted by atomic mass is 35.5. The zero-order valence-corrected chi connectivity index (χ0v) is 26.3. The number of aromatic nitrogens is 1. The van der Waals surface area contributed by atoms with Crippen molar-refractivity contribution >= 4 is 46.3 Å². The van der Waals surface area contributed by atoms with E-state index in [0.29, 0.717) is 37.5 Å². The lowest BCUT2D eigenvalue weighted by Gasteiger charge is -2.30. The number of nitrogens with zero attached hydrogens (tertiary/aromatic N) is 2. The fourth-order valence-corrected chi connectivity index (χ4v) is 7.37. The lowest BCUT2D eigenvalue weighted by Crippen LogP contribution is -2.38. The van der Waals surface area contributed by atoms with Crippen LogP contribution in [0.25, 0.3) is 11.8 Å². The Morgan fingerprint density at radius 2 is 1.75 bits per heavy atom. The maximum Gasteiger partial charge on any atom is 0.271 e. The molecule has 7 rings (SSSR count). The van der Waals surface area contributed by atoms with Crippen LogP contribution in [0.4, 0.5) is 0 Å². The van der Waals surface area contributed by atoms with Gasteiger partial charge in [0.15, 0.2) is 16.3 Å². The molecule has 1 atom stereocenters. The van der Waals surface area contributed by atoms with Crippen LogP contribution >= 0.6 is 34.5 Å². The predicted molar refractivity (Wildman–Crippen MR) is 178 cm³/mol. The summed E-state index contributed by atoms with van der Waals surface area (Å²) in [5.74, 6) is 1.18. The van der Waals surface area contributed by atoms with E-state index in [1.165, 1.54) is 22.5 Å². The molecule has 0 unspecified atom stereocenters. The third kappa shape index (κ3) is 5.38. The summed E-state index contributed by atoms with van der Waals surface area (Å²) in [6.07, 6.45) is 3.70. The molecule has 1 aliphatic heterocycles. The summed E-state index contributed by atoms with van der Waals surface area (Å²) in [5, 5.41) is 1.12. The zero-order valence-electron chi connectivity index (χ0n) is 23.9. The maximum absolute atomic E-state index is 14.1. The molecule has 0 radical (unpaired) electrons. The summed E-state index contributed by atoms with van der Waals surface area (Å²) in [6.45, 7) is 2.66. The van der Waals surface area contributed by atoms with Crippen LogP contribution in [0.5, 0.6) is 11.5 Å². The first-order valence-corrected chi connectivity index (χ1v) is 16.1. The lowest BCUT2D eigenvalue weighted by molar-refractivity contribution is 0.269. The first-order valence-electron chi connectivity index (χ1n) is 14.5. The molecule has 0 amide bonds. The summed E-state index contributed by atoms with van der Waals surface area (Å²) >= 11 is 13.8. The molecular formula is C36H28Cl2N2O3S. The third-order valence-electron chi connectivity index (χ3n) is 7.95. The molecule has 4 aromatic carbocycles.